The first-order valence-electron chi connectivity index (χ1n) is 7.94. The number of aromatic nitrogens is 1. The fourth-order valence-corrected chi connectivity index (χ4v) is 3.29. The summed E-state index contributed by atoms with van der Waals surface area (Å²) in [5, 5.41) is 9.47. The molecule has 1 aromatic carbocycles. The van der Waals surface area contributed by atoms with Gasteiger partial charge in [0.2, 0.25) is 0 Å². The number of carboxylic acid groups (broad SMARTS) is 1. The van der Waals surface area contributed by atoms with Crippen LogP contribution in [0.1, 0.15) is 35.7 Å². The maximum Gasteiger partial charge on any atom is 0.416 e. The summed E-state index contributed by atoms with van der Waals surface area (Å²) in [6, 6.07) is 8.98. The van der Waals surface area contributed by atoms with E-state index in [1.54, 1.807) is 29.3 Å². The first-order chi connectivity index (χ1) is 11.9. The molecule has 2 heterocycles. The van der Waals surface area contributed by atoms with Crippen molar-refractivity contribution in [3.05, 3.63) is 65.5 Å². The number of nitrogens with zero attached hydrogens (tertiary/aromatic N) is 2. The van der Waals surface area contributed by atoms with E-state index < -0.39 is 29.8 Å². The highest BCUT2D eigenvalue weighted by molar-refractivity contribution is 5.74. The summed E-state index contributed by atoms with van der Waals surface area (Å²) in [6.45, 7) is 0.555. The Hall–Kier alpha value is -2.41. The highest BCUT2D eigenvalue weighted by atomic mass is 19.4. The Morgan fingerprint density at radius 3 is 2.48 bits per heavy atom. The highest BCUT2D eigenvalue weighted by Gasteiger charge is 2.38. The molecule has 0 spiro atoms. The number of pyridine rings is 1. The molecule has 1 aliphatic rings. The topological polar surface area (TPSA) is 53.4 Å². The molecular formula is C18H17F3N2O2. The first kappa shape index (κ1) is 17.4. The number of aliphatic carboxylic acids is 1. The number of rotatable bonds is 4. The van der Waals surface area contributed by atoms with Crippen LogP contribution in [0.3, 0.4) is 0 Å². The number of likely N-dealkylation sites (tertiary alicyclic amines) is 1. The van der Waals surface area contributed by atoms with E-state index in [2.05, 4.69) is 4.98 Å². The summed E-state index contributed by atoms with van der Waals surface area (Å²) < 4.78 is 38.4. The van der Waals surface area contributed by atoms with Crippen molar-refractivity contribution in [2.24, 2.45) is 0 Å². The van der Waals surface area contributed by atoms with Crippen LogP contribution in [0.5, 0.6) is 0 Å². The van der Waals surface area contributed by atoms with Gasteiger partial charge >= 0.3 is 12.1 Å². The molecule has 1 aromatic heterocycles. The van der Waals surface area contributed by atoms with Crippen LogP contribution in [0.2, 0.25) is 0 Å². The molecule has 2 aromatic rings. The van der Waals surface area contributed by atoms with Crippen LogP contribution >= 0.6 is 0 Å². The minimum Gasteiger partial charge on any atom is -0.480 e. The van der Waals surface area contributed by atoms with Gasteiger partial charge in [-0.15, -0.1) is 0 Å². The number of carboxylic acids is 1. The summed E-state index contributed by atoms with van der Waals surface area (Å²) in [5.74, 6) is -0.926. The van der Waals surface area contributed by atoms with Gasteiger partial charge in [0, 0.05) is 12.7 Å². The van der Waals surface area contributed by atoms with Crippen LogP contribution < -0.4 is 0 Å². The second-order valence-corrected chi connectivity index (χ2v) is 6.01. The van der Waals surface area contributed by atoms with Crippen molar-refractivity contribution in [3.8, 4) is 0 Å². The van der Waals surface area contributed by atoms with Gasteiger partial charge in [0.05, 0.1) is 17.3 Å². The molecule has 132 valence electrons. The van der Waals surface area contributed by atoms with Gasteiger partial charge < -0.3 is 5.11 Å². The number of hydrogen-bond acceptors (Lipinski definition) is 3. The van der Waals surface area contributed by atoms with Gasteiger partial charge in [0.25, 0.3) is 0 Å². The summed E-state index contributed by atoms with van der Waals surface area (Å²) >= 11 is 0. The Morgan fingerprint density at radius 2 is 1.92 bits per heavy atom. The minimum atomic E-state index is -4.41. The van der Waals surface area contributed by atoms with Crippen LogP contribution in [0.15, 0.2) is 48.7 Å². The molecule has 1 saturated heterocycles. The van der Waals surface area contributed by atoms with Crippen molar-refractivity contribution < 1.29 is 23.1 Å². The van der Waals surface area contributed by atoms with Crippen molar-refractivity contribution in [2.75, 3.05) is 6.54 Å². The average molecular weight is 350 g/mol. The summed E-state index contributed by atoms with van der Waals surface area (Å²) in [7, 11) is 0. The van der Waals surface area contributed by atoms with Crippen molar-refractivity contribution in [1.29, 1.82) is 0 Å². The van der Waals surface area contributed by atoms with E-state index in [-0.39, 0.29) is 0 Å². The number of benzene rings is 1. The average Bonchev–Trinajstić information content (AvgIpc) is 3.05. The number of hydrogen-bond donors (Lipinski definition) is 1. The van der Waals surface area contributed by atoms with Gasteiger partial charge in [-0.1, -0.05) is 18.2 Å². The molecule has 2 atom stereocenters. The molecular weight excluding hydrogens is 333 g/mol. The monoisotopic (exact) mass is 350 g/mol. The standard InChI is InChI=1S/C18H17F3N2O2/c19-18(20,21)13-8-6-12(7-9-13)16(14-4-1-2-10-22-14)23-11-3-5-15(23)17(24)25/h1-2,4,6-10,15-16H,3,5,11H2,(H,24,25). The van der Waals surface area contributed by atoms with E-state index in [0.717, 1.165) is 18.6 Å². The van der Waals surface area contributed by atoms with Gasteiger partial charge in [-0.25, -0.2) is 0 Å². The van der Waals surface area contributed by atoms with E-state index in [1.807, 2.05) is 0 Å². The third-order valence-corrected chi connectivity index (χ3v) is 4.43. The normalized spacial score (nSPS) is 19.7. The molecule has 0 saturated carbocycles. The molecule has 7 heteroatoms. The Balaban J connectivity index is 2.01. The van der Waals surface area contributed by atoms with Crippen molar-refractivity contribution >= 4 is 5.97 Å². The second kappa shape index (κ2) is 6.84. The lowest BCUT2D eigenvalue weighted by molar-refractivity contribution is -0.142. The molecule has 3 rings (SSSR count). The minimum absolute atomic E-state index is 0.493. The van der Waals surface area contributed by atoms with E-state index in [9.17, 15) is 23.1 Å². The van der Waals surface area contributed by atoms with Gasteiger partial charge in [-0.05, 0) is 42.7 Å². The molecule has 2 unspecified atom stereocenters. The molecule has 0 amide bonds. The summed E-state index contributed by atoms with van der Waals surface area (Å²) in [6.07, 6.45) is -1.57. The Labute approximate surface area is 142 Å². The summed E-state index contributed by atoms with van der Waals surface area (Å²) in [5.41, 5.74) is 0.488. The molecule has 1 aliphatic heterocycles. The number of carbonyl (C=O) groups is 1. The van der Waals surface area contributed by atoms with E-state index in [0.29, 0.717) is 24.2 Å². The Kier molecular flexibility index (Phi) is 4.76. The smallest absolute Gasteiger partial charge is 0.416 e. The molecule has 0 bridgehead atoms. The quantitative estimate of drug-likeness (QED) is 0.913. The molecule has 1 fully saturated rings. The van der Waals surface area contributed by atoms with E-state index in [4.69, 9.17) is 0 Å². The van der Waals surface area contributed by atoms with Gasteiger partial charge in [0.1, 0.15) is 6.04 Å². The largest absolute Gasteiger partial charge is 0.480 e. The fraction of sp³-hybridized carbons (Fsp3) is 0.333. The van der Waals surface area contributed by atoms with Crippen LogP contribution in [-0.4, -0.2) is 33.5 Å². The maximum absolute atomic E-state index is 12.8. The van der Waals surface area contributed by atoms with Gasteiger partial charge in [-0.3, -0.25) is 14.7 Å². The SMILES string of the molecule is O=C(O)C1CCCN1C(c1ccc(C(F)(F)F)cc1)c1ccccn1. The van der Waals surface area contributed by atoms with Crippen molar-refractivity contribution in [2.45, 2.75) is 31.1 Å². The zero-order valence-corrected chi connectivity index (χ0v) is 13.3. The highest BCUT2D eigenvalue weighted by Crippen LogP contribution is 2.36. The van der Waals surface area contributed by atoms with Crippen LogP contribution in [0, 0.1) is 0 Å². The second-order valence-electron chi connectivity index (χ2n) is 6.01. The molecule has 25 heavy (non-hydrogen) atoms. The van der Waals surface area contributed by atoms with Crippen LogP contribution in [0.25, 0.3) is 0 Å². The third-order valence-electron chi connectivity index (χ3n) is 4.43. The lowest BCUT2D eigenvalue weighted by Crippen LogP contribution is -2.39. The Morgan fingerprint density at radius 1 is 1.20 bits per heavy atom. The first-order valence-corrected chi connectivity index (χ1v) is 7.94. The number of halogens is 3. The zero-order chi connectivity index (χ0) is 18.0. The lowest BCUT2D eigenvalue weighted by Gasteiger charge is -2.31. The molecule has 1 N–H and O–H groups in total. The van der Waals surface area contributed by atoms with Crippen molar-refractivity contribution in [3.63, 3.8) is 0 Å². The zero-order valence-electron chi connectivity index (χ0n) is 13.3. The summed E-state index contributed by atoms with van der Waals surface area (Å²) in [4.78, 5) is 17.7. The molecule has 0 radical (unpaired) electrons. The molecule has 4 nitrogen and oxygen atoms in total. The van der Waals surface area contributed by atoms with Crippen LogP contribution in [0.4, 0.5) is 13.2 Å². The Bertz CT molecular complexity index is 732. The van der Waals surface area contributed by atoms with Gasteiger partial charge in [0.15, 0.2) is 0 Å². The lowest BCUT2D eigenvalue weighted by atomic mass is 9.99. The van der Waals surface area contributed by atoms with Crippen molar-refractivity contribution in [1.82, 2.24) is 9.88 Å². The maximum atomic E-state index is 12.8. The predicted molar refractivity (Wildman–Crippen MR) is 84.9 cm³/mol. The van der Waals surface area contributed by atoms with Gasteiger partial charge in [-0.2, -0.15) is 13.2 Å². The number of alkyl halides is 3. The fourth-order valence-electron chi connectivity index (χ4n) is 3.29. The van der Waals surface area contributed by atoms with Crippen LogP contribution in [-0.2, 0) is 11.0 Å². The third kappa shape index (κ3) is 3.66. The molecule has 0 aliphatic carbocycles. The van der Waals surface area contributed by atoms with E-state index >= 15 is 0 Å². The van der Waals surface area contributed by atoms with E-state index in [1.165, 1.54) is 12.1 Å². The predicted octanol–water partition coefficient (Wildman–Crippen LogP) is 3.74.